The first kappa shape index (κ1) is 11.0. The molecule has 1 N–H and O–H groups in total. The number of aromatic nitrogens is 6. The molecule has 0 amide bonds. The summed E-state index contributed by atoms with van der Waals surface area (Å²) in [6.07, 6.45) is 2.55. The molecule has 0 atom stereocenters. The predicted octanol–water partition coefficient (Wildman–Crippen LogP) is 1.74. The zero-order valence-electron chi connectivity index (χ0n) is 10.8. The van der Waals surface area contributed by atoms with Crippen molar-refractivity contribution in [2.75, 3.05) is 5.32 Å². The lowest BCUT2D eigenvalue weighted by Crippen LogP contribution is -2.00. The van der Waals surface area contributed by atoms with E-state index in [2.05, 4.69) is 30.8 Å². The van der Waals surface area contributed by atoms with E-state index in [1.165, 1.54) is 0 Å². The van der Waals surface area contributed by atoms with Crippen molar-refractivity contribution in [3.63, 3.8) is 0 Å². The van der Waals surface area contributed by atoms with Crippen LogP contribution in [0.3, 0.4) is 0 Å². The molecule has 0 aliphatic carbocycles. The lowest BCUT2D eigenvalue weighted by Gasteiger charge is -2.08. The minimum absolute atomic E-state index is 0.639. The first-order chi connectivity index (χ1) is 9.86. The molecule has 1 aliphatic rings. The van der Waals surface area contributed by atoms with Gasteiger partial charge in [0.2, 0.25) is 0 Å². The van der Waals surface area contributed by atoms with Crippen molar-refractivity contribution in [2.45, 2.75) is 13.3 Å². The molecule has 7 nitrogen and oxygen atoms in total. The van der Waals surface area contributed by atoms with Crippen LogP contribution in [0.2, 0.25) is 0 Å². The predicted molar refractivity (Wildman–Crippen MR) is 72.8 cm³/mol. The fourth-order valence-electron chi connectivity index (χ4n) is 2.26. The number of hydrogen-bond acceptors (Lipinski definition) is 6. The van der Waals surface area contributed by atoms with Crippen LogP contribution < -0.4 is 5.32 Å². The summed E-state index contributed by atoms with van der Waals surface area (Å²) in [5.41, 5.74) is 2.60. The Labute approximate surface area is 114 Å². The van der Waals surface area contributed by atoms with Crippen molar-refractivity contribution in [3.05, 3.63) is 36.3 Å². The first-order valence-corrected chi connectivity index (χ1v) is 6.38. The highest BCUT2D eigenvalue weighted by molar-refractivity contribution is 5.81. The Hall–Kier alpha value is -2.83. The molecule has 20 heavy (non-hydrogen) atoms. The molecular weight excluding hydrogens is 254 g/mol. The smallest absolute Gasteiger partial charge is 0.192 e. The monoisotopic (exact) mass is 265 g/mol. The molecule has 1 aromatic carbocycles. The average molecular weight is 265 g/mol. The van der Waals surface area contributed by atoms with E-state index in [0.29, 0.717) is 5.82 Å². The molecule has 7 heteroatoms. The normalized spacial score (nSPS) is 11.8. The molecule has 0 spiro atoms. The second-order valence-electron chi connectivity index (χ2n) is 4.46. The number of nitrogens with one attached hydrogen (secondary N) is 1. The Kier molecular flexibility index (Phi) is 2.26. The van der Waals surface area contributed by atoms with Crippen molar-refractivity contribution in [1.29, 1.82) is 0 Å². The first-order valence-electron chi connectivity index (χ1n) is 6.38. The summed E-state index contributed by atoms with van der Waals surface area (Å²) in [5.74, 6) is 2.16. The van der Waals surface area contributed by atoms with E-state index in [-0.39, 0.29) is 0 Å². The van der Waals surface area contributed by atoms with Crippen LogP contribution in [0.4, 0.5) is 11.5 Å². The van der Waals surface area contributed by atoms with Crippen LogP contribution in [-0.2, 0) is 6.42 Å². The molecule has 0 saturated heterocycles. The molecule has 0 unspecified atom stereocenters. The van der Waals surface area contributed by atoms with Gasteiger partial charge in [-0.1, -0.05) is 19.1 Å². The molecule has 98 valence electrons. The maximum Gasteiger partial charge on any atom is 0.192 e. The van der Waals surface area contributed by atoms with Gasteiger partial charge in [-0.15, -0.1) is 5.10 Å². The molecule has 0 saturated carbocycles. The Bertz CT molecular complexity index is 793. The van der Waals surface area contributed by atoms with E-state index >= 15 is 0 Å². The van der Waals surface area contributed by atoms with E-state index < -0.39 is 0 Å². The van der Waals surface area contributed by atoms with Crippen LogP contribution in [0.25, 0.3) is 17.1 Å². The van der Waals surface area contributed by atoms with Gasteiger partial charge in [-0.25, -0.2) is 9.97 Å². The van der Waals surface area contributed by atoms with Crippen molar-refractivity contribution in [2.24, 2.45) is 0 Å². The minimum atomic E-state index is 0.639. The fraction of sp³-hybridized carbons (Fsp3) is 0.154. The van der Waals surface area contributed by atoms with Crippen LogP contribution in [0.15, 0.2) is 30.5 Å². The standard InChI is InChI=1S/C13H11N7/c1-2-11-14-7-8-12(16-11)15-9-5-3-4-6-10(9)20-13(8)17-18-19-20/h3-7H,2H2,1H3,(H,14,15,16). The number of nitrogens with zero attached hydrogens (tertiary/aromatic N) is 6. The molecule has 2 aromatic heterocycles. The summed E-state index contributed by atoms with van der Waals surface area (Å²) in [5, 5.41) is 15.3. The number of benzene rings is 1. The number of tetrazole rings is 1. The summed E-state index contributed by atoms with van der Waals surface area (Å²) in [6, 6.07) is 7.85. The average Bonchev–Trinajstić information content (AvgIpc) is 2.92. The highest BCUT2D eigenvalue weighted by Gasteiger charge is 2.22. The van der Waals surface area contributed by atoms with Crippen LogP contribution in [0.5, 0.6) is 0 Å². The lowest BCUT2D eigenvalue weighted by molar-refractivity contribution is 0.793. The lowest BCUT2D eigenvalue weighted by atomic mass is 10.2. The van der Waals surface area contributed by atoms with Crippen LogP contribution in [0, 0.1) is 0 Å². The molecule has 3 heterocycles. The van der Waals surface area contributed by atoms with Gasteiger partial charge in [-0.2, -0.15) is 4.68 Å². The Morgan fingerprint density at radius 2 is 2.15 bits per heavy atom. The third kappa shape index (κ3) is 1.49. The van der Waals surface area contributed by atoms with Crippen molar-refractivity contribution in [3.8, 4) is 17.1 Å². The zero-order chi connectivity index (χ0) is 13.5. The minimum Gasteiger partial charge on any atom is -0.338 e. The summed E-state index contributed by atoms with van der Waals surface area (Å²) in [4.78, 5) is 8.87. The van der Waals surface area contributed by atoms with Gasteiger partial charge in [0.15, 0.2) is 5.82 Å². The number of hydrogen-bond donors (Lipinski definition) is 1. The van der Waals surface area contributed by atoms with Gasteiger partial charge in [0, 0.05) is 12.6 Å². The van der Waals surface area contributed by atoms with Gasteiger partial charge in [0.05, 0.1) is 16.9 Å². The Morgan fingerprint density at radius 3 is 3.05 bits per heavy atom. The zero-order valence-corrected chi connectivity index (χ0v) is 10.8. The van der Waals surface area contributed by atoms with E-state index in [9.17, 15) is 0 Å². The summed E-state index contributed by atoms with van der Waals surface area (Å²) in [6.45, 7) is 2.02. The van der Waals surface area contributed by atoms with Crippen LogP contribution in [-0.4, -0.2) is 30.2 Å². The maximum absolute atomic E-state index is 4.54. The molecule has 0 bridgehead atoms. The molecule has 4 rings (SSSR count). The van der Waals surface area contributed by atoms with E-state index in [0.717, 1.165) is 35.0 Å². The number of rotatable bonds is 1. The second-order valence-corrected chi connectivity index (χ2v) is 4.46. The van der Waals surface area contributed by atoms with Gasteiger partial charge < -0.3 is 5.32 Å². The number of aryl methyl sites for hydroxylation is 1. The van der Waals surface area contributed by atoms with Gasteiger partial charge in [0.1, 0.15) is 11.6 Å². The molecule has 3 aromatic rings. The summed E-state index contributed by atoms with van der Waals surface area (Å²) in [7, 11) is 0. The molecule has 1 aliphatic heterocycles. The highest BCUT2D eigenvalue weighted by Crippen LogP contribution is 2.34. The van der Waals surface area contributed by atoms with Crippen molar-refractivity contribution < 1.29 is 0 Å². The van der Waals surface area contributed by atoms with E-state index in [4.69, 9.17) is 0 Å². The van der Waals surface area contributed by atoms with Crippen molar-refractivity contribution in [1.82, 2.24) is 30.2 Å². The second kappa shape index (κ2) is 4.09. The Morgan fingerprint density at radius 1 is 1.25 bits per heavy atom. The van der Waals surface area contributed by atoms with E-state index in [1.807, 2.05) is 31.2 Å². The molecular formula is C13H11N7. The number of anilines is 2. The third-order valence-corrected chi connectivity index (χ3v) is 3.25. The largest absolute Gasteiger partial charge is 0.338 e. The fourth-order valence-corrected chi connectivity index (χ4v) is 2.26. The van der Waals surface area contributed by atoms with E-state index in [1.54, 1.807) is 10.9 Å². The van der Waals surface area contributed by atoms with Crippen LogP contribution >= 0.6 is 0 Å². The number of fused-ring (bicyclic) bond motifs is 5. The van der Waals surface area contributed by atoms with Gasteiger partial charge in [0.25, 0.3) is 0 Å². The van der Waals surface area contributed by atoms with Crippen LogP contribution in [0.1, 0.15) is 12.7 Å². The van der Waals surface area contributed by atoms with Gasteiger partial charge in [-0.3, -0.25) is 0 Å². The highest BCUT2D eigenvalue weighted by atomic mass is 15.5. The maximum atomic E-state index is 4.54. The summed E-state index contributed by atoms with van der Waals surface area (Å²) >= 11 is 0. The molecule has 0 radical (unpaired) electrons. The SMILES string of the molecule is CCc1ncc2c(n1)Nc1ccccc1-n1nnnc1-2. The Balaban J connectivity index is 2.04. The van der Waals surface area contributed by atoms with Crippen molar-refractivity contribution >= 4 is 11.5 Å². The van der Waals surface area contributed by atoms with Gasteiger partial charge >= 0.3 is 0 Å². The van der Waals surface area contributed by atoms with Gasteiger partial charge in [-0.05, 0) is 22.6 Å². The quantitative estimate of drug-likeness (QED) is 0.564. The summed E-state index contributed by atoms with van der Waals surface area (Å²) < 4.78 is 1.70. The number of para-hydroxylation sites is 2. The molecule has 0 fully saturated rings. The third-order valence-electron chi connectivity index (χ3n) is 3.25. The topological polar surface area (TPSA) is 81.4 Å².